The van der Waals surface area contributed by atoms with Crippen LogP contribution in [0, 0.1) is 12.7 Å². The first kappa shape index (κ1) is 21.8. The Balaban J connectivity index is 2.27. The fraction of sp³-hybridized carbons (Fsp3) is 0.350. The number of carbonyl (C=O) groups is 1. The molecule has 0 bridgehead atoms. The van der Waals surface area contributed by atoms with E-state index in [9.17, 15) is 17.6 Å². The largest absolute Gasteiger partial charge is 0.348 e. The van der Waals surface area contributed by atoms with Gasteiger partial charge in [-0.2, -0.15) is 12.7 Å². The van der Waals surface area contributed by atoms with E-state index in [2.05, 4.69) is 5.32 Å². The van der Waals surface area contributed by atoms with Gasteiger partial charge in [0.15, 0.2) is 0 Å². The van der Waals surface area contributed by atoms with Crippen molar-refractivity contribution >= 4 is 21.8 Å². The number of halogens is 1. The topological polar surface area (TPSA) is 69.7 Å². The molecule has 1 atom stereocenters. The number of rotatable bonds is 8. The molecule has 0 unspecified atom stereocenters. The number of nitrogens with one attached hydrogen (secondary N) is 1. The van der Waals surface area contributed by atoms with Gasteiger partial charge >= 0.3 is 10.2 Å². The fourth-order valence-electron chi connectivity index (χ4n) is 2.73. The number of amides is 1. The predicted octanol–water partition coefficient (Wildman–Crippen LogP) is 3.01. The van der Waals surface area contributed by atoms with Crippen molar-refractivity contribution in [3.05, 3.63) is 65.5 Å². The molecule has 1 amide bonds. The van der Waals surface area contributed by atoms with Crippen LogP contribution in [0.15, 0.2) is 48.5 Å². The summed E-state index contributed by atoms with van der Waals surface area (Å²) in [5.74, 6) is -1.23. The van der Waals surface area contributed by atoms with Crippen molar-refractivity contribution in [2.24, 2.45) is 0 Å². The molecule has 0 saturated heterocycles. The molecule has 0 radical (unpaired) electrons. The van der Waals surface area contributed by atoms with E-state index < -0.39 is 28.5 Å². The standard InChI is InChI=1S/C20H26FN3O3S/c1-5-18(16-12-10-15(2)11-13-16)22-20(25)14-24(28(26,27)23(3)4)19-9-7-6-8-17(19)21/h6-13,18H,5,14H2,1-4H3,(H,22,25)/t18-/m0/s1. The lowest BCUT2D eigenvalue weighted by Crippen LogP contribution is -2.46. The highest BCUT2D eigenvalue weighted by atomic mass is 32.2. The van der Waals surface area contributed by atoms with Gasteiger partial charge in [-0.3, -0.25) is 4.79 Å². The van der Waals surface area contributed by atoms with Gasteiger partial charge in [-0.15, -0.1) is 0 Å². The Bertz CT molecular complexity index is 915. The minimum absolute atomic E-state index is 0.172. The van der Waals surface area contributed by atoms with Crippen molar-refractivity contribution in [3.63, 3.8) is 0 Å². The van der Waals surface area contributed by atoms with Crippen LogP contribution in [0.1, 0.15) is 30.5 Å². The Kier molecular flexibility index (Phi) is 7.15. The molecule has 2 rings (SSSR count). The van der Waals surface area contributed by atoms with Crippen LogP contribution in [0.3, 0.4) is 0 Å². The average Bonchev–Trinajstić information content (AvgIpc) is 2.65. The fourth-order valence-corrected chi connectivity index (χ4v) is 3.80. The molecule has 0 spiro atoms. The first-order valence-electron chi connectivity index (χ1n) is 8.97. The molecule has 1 N–H and O–H groups in total. The number of benzene rings is 2. The van der Waals surface area contributed by atoms with E-state index in [1.807, 2.05) is 38.1 Å². The Morgan fingerprint density at radius 2 is 1.71 bits per heavy atom. The van der Waals surface area contributed by atoms with E-state index in [0.717, 1.165) is 25.8 Å². The van der Waals surface area contributed by atoms with Gasteiger partial charge in [0, 0.05) is 14.1 Å². The van der Waals surface area contributed by atoms with Crippen LogP contribution < -0.4 is 9.62 Å². The van der Waals surface area contributed by atoms with Crippen LogP contribution >= 0.6 is 0 Å². The number of hydrogen-bond acceptors (Lipinski definition) is 3. The maximum Gasteiger partial charge on any atom is 0.304 e. The van der Waals surface area contributed by atoms with E-state index in [0.29, 0.717) is 6.42 Å². The molecule has 0 heterocycles. The van der Waals surface area contributed by atoms with Gasteiger partial charge in [0.05, 0.1) is 11.7 Å². The summed E-state index contributed by atoms with van der Waals surface area (Å²) in [5, 5.41) is 2.85. The zero-order valence-corrected chi connectivity index (χ0v) is 17.3. The molecular formula is C20H26FN3O3S. The maximum atomic E-state index is 14.3. The molecule has 2 aromatic carbocycles. The van der Waals surface area contributed by atoms with Crippen LogP contribution in [0.25, 0.3) is 0 Å². The number of anilines is 1. The predicted molar refractivity (Wildman–Crippen MR) is 109 cm³/mol. The number of hydrogen-bond donors (Lipinski definition) is 1. The molecule has 0 aliphatic rings. The average molecular weight is 408 g/mol. The van der Waals surface area contributed by atoms with Crippen LogP contribution in [0.5, 0.6) is 0 Å². The molecule has 2 aromatic rings. The lowest BCUT2D eigenvalue weighted by atomic mass is 10.0. The van der Waals surface area contributed by atoms with Crippen molar-refractivity contribution in [2.45, 2.75) is 26.3 Å². The highest BCUT2D eigenvalue weighted by Crippen LogP contribution is 2.23. The molecule has 0 fully saturated rings. The molecule has 0 aromatic heterocycles. The van der Waals surface area contributed by atoms with Gasteiger partial charge in [-0.25, -0.2) is 8.70 Å². The summed E-state index contributed by atoms with van der Waals surface area (Å²) in [6, 6.07) is 13.0. The quantitative estimate of drug-likeness (QED) is 0.731. The van der Waals surface area contributed by atoms with Crippen LogP contribution in [-0.2, 0) is 15.0 Å². The Morgan fingerprint density at radius 3 is 2.25 bits per heavy atom. The first-order valence-corrected chi connectivity index (χ1v) is 10.4. The van der Waals surface area contributed by atoms with E-state index in [4.69, 9.17) is 0 Å². The molecule has 28 heavy (non-hydrogen) atoms. The Labute approximate surface area is 166 Å². The van der Waals surface area contributed by atoms with Gasteiger partial charge in [0.1, 0.15) is 12.4 Å². The number of nitrogens with zero attached hydrogens (tertiary/aromatic N) is 2. The zero-order chi connectivity index (χ0) is 20.9. The minimum atomic E-state index is -4.06. The second-order valence-electron chi connectivity index (χ2n) is 6.69. The molecule has 8 heteroatoms. The molecule has 0 aliphatic heterocycles. The van der Waals surface area contributed by atoms with Crippen LogP contribution in [0.2, 0.25) is 0 Å². The van der Waals surface area contributed by atoms with E-state index >= 15 is 0 Å². The zero-order valence-electron chi connectivity index (χ0n) is 16.5. The smallest absolute Gasteiger partial charge is 0.304 e. The van der Waals surface area contributed by atoms with Crippen LogP contribution in [0.4, 0.5) is 10.1 Å². The van der Waals surface area contributed by atoms with Crippen molar-refractivity contribution in [1.29, 1.82) is 0 Å². The maximum absolute atomic E-state index is 14.3. The minimum Gasteiger partial charge on any atom is -0.348 e. The van der Waals surface area contributed by atoms with Gasteiger partial charge in [0.25, 0.3) is 0 Å². The van der Waals surface area contributed by atoms with E-state index in [-0.39, 0.29) is 11.7 Å². The highest BCUT2D eigenvalue weighted by Gasteiger charge is 2.29. The van der Waals surface area contributed by atoms with E-state index in [1.54, 1.807) is 0 Å². The van der Waals surface area contributed by atoms with Crippen LogP contribution in [-0.4, -0.2) is 39.3 Å². The molecule has 0 saturated carbocycles. The molecular weight excluding hydrogens is 381 g/mol. The number of para-hydroxylation sites is 1. The summed E-state index contributed by atoms with van der Waals surface area (Å²) < 4.78 is 41.4. The SMILES string of the molecule is CC[C@H](NC(=O)CN(c1ccccc1F)S(=O)(=O)N(C)C)c1ccc(C)cc1. The van der Waals surface area contributed by atoms with Crippen molar-refractivity contribution in [1.82, 2.24) is 9.62 Å². The lowest BCUT2D eigenvalue weighted by molar-refractivity contribution is -0.120. The summed E-state index contributed by atoms with van der Waals surface area (Å²) in [6.07, 6.45) is 0.634. The van der Waals surface area contributed by atoms with E-state index in [1.165, 1.54) is 32.3 Å². The summed E-state index contributed by atoms with van der Waals surface area (Å²) in [5.41, 5.74) is 1.86. The normalized spacial score (nSPS) is 12.6. The molecule has 152 valence electrons. The molecule has 0 aliphatic carbocycles. The monoisotopic (exact) mass is 407 g/mol. The van der Waals surface area contributed by atoms with Gasteiger partial charge < -0.3 is 5.32 Å². The number of aryl methyl sites for hydroxylation is 1. The van der Waals surface area contributed by atoms with Crippen molar-refractivity contribution < 1.29 is 17.6 Å². The third-order valence-corrected chi connectivity index (χ3v) is 6.18. The summed E-state index contributed by atoms with van der Waals surface area (Å²) >= 11 is 0. The van der Waals surface area contributed by atoms with Gasteiger partial charge in [-0.05, 0) is 31.0 Å². The third kappa shape index (κ3) is 5.08. The van der Waals surface area contributed by atoms with Crippen molar-refractivity contribution in [2.75, 3.05) is 24.9 Å². The number of carbonyl (C=O) groups excluding carboxylic acids is 1. The van der Waals surface area contributed by atoms with Gasteiger partial charge in [0.2, 0.25) is 5.91 Å². The third-order valence-electron chi connectivity index (χ3n) is 4.37. The highest BCUT2D eigenvalue weighted by molar-refractivity contribution is 7.90. The second kappa shape index (κ2) is 9.16. The Hall–Kier alpha value is -2.45. The summed E-state index contributed by atoms with van der Waals surface area (Å²) in [7, 11) is -1.39. The first-order chi connectivity index (χ1) is 13.2. The summed E-state index contributed by atoms with van der Waals surface area (Å²) in [6.45, 7) is 3.38. The summed E-state index contributed by atoms with van der Waals surface area (Å²) in [4.78, 5) is 12.7. The van der Waals surface area contributed by atoms with Crippen molar-refractivity contribution in [3.8, 4) is 0 Å². The Morgan fingerprint density at radius 1 is 1.11 bits per heavy atom. The second-order valence-corrected chi connectivity index (χ2v) is 8.75. The lowest BCUT2D eigenvalue weighted by Gasteiger charge is -2.28. The molecule has 6 nitrogen and oxygen atoms in total. The van der Waals surface area contributed by atoms with Gasteiger partial charge in [-0.1, -0.05) is 48.9 Å².